The number of phenols is 1. The first kappa shape index (κ1) is 26.9. The molecule has 1 heterocycles. The molecular formula is C28H35Cl2N3O3. The molecule has 0 bridgehead atoms. The lowest BCUT2D eigenvalue weighted by Crippen LogP contribution is -2.45. The first-order valence-corrected chi connectivity index (χ1v) is 13.3. The summed E-state index contributed by atoms with van der Waals surface area (Å²) >= 11 is 12.2. The third-order valence-corrected chi connectivity index (χ3v) is 7.72. The summed E-state index contributed by atoms with van der Waals surface area (Å²) < 4.78 is 0. The van der Waals surface area contributed by atoms with E-state index in [1.165, 1.54) is 0 Å². The van der Waals surface area contributed by atoms with E-state index < -0.39 is 5.60 Å². The van der Waals surface area contributed by atoms with Gasteiger partial charge in [0.1, 0.15) is 0 Å². The van der Waals surface area contributed by atoms with Crippen LogP contribution in [0.25, 0.3) is 6.08 Å². The van der Waals surface area contributed by atoms with Crippen LogP contribution in [-0.2, 0) is 0 Å². The van der Waals surface area contributed by atoms with Crippen LogP contribution in [0.2, 0.25) is 10.0 Å². The number of aromatic nitrogens is 1. The number of rotatable bonds is 9. The Labute approximate surface area is 223 Å². The van der Waals surface area contributed by atoms with E-state index in [4.69, 9.17) is 23.2 Å². The summed E-state index contributed by atoms with van der Waals surface area (Å²) in [6.45, 7) is 2.67. The van der Waals surface area contributed by atoms with Crippen LogP contribution in [0.3, 0.4) is 0 Å². The standard InChI is InChI=1S/C28H35Cl2N3O3/c1-17(19-12-23(29)27(35)24(30)13-19)4-7-21-14-25(22(15-31-21)26(34)18-5-6-18)32-20-8-10-28(36,11-9-20)16-33(2)3/h4,7,12-15,17-18,20,35-36H,5-6,8-11,16H2,1-3H3,(H,31,32)/b7-4-. The molecule has 0 spiro atoms. The van der Waals surface area contributed by atoms with Gasteiger partial charge in [0, 0.05) is 30.4 Å². The lowest BCUT2D eigenvalue weighted by Gasteiger charge is -2.38. The number of allylic oxidation sites excluding steroid dienone is 1. The number of ketones is 1. The SMILES string of the molecule is CC(/C=C\c1cc(NC2CCC(O)(CN(C)C)CC2)c(C(=O)C2CC2)cn1)c1cc(Cl)c(O)c(Cl)c1. The highest BCUT2D eigenvalue weighted by Gasteiger charge is 2.35. The van der Waals surface area contributed by atoms with Gasteiger partial charge in [-0.25, -0.2) is 0 Å². The maximum absolute atomic E-state index is 13.0. The van der Waals surface area contributed by atoms with E-state index in [9.17, 15) is 15.0 Å². The maximum atomic E-state index is 13.0. The Kier molecular flexibility index (Phi) is 8.30. The number of nitrogens with one attached hydrogen (secondary N) is 1. The molecule has 2 aliphatic rings. The van der Waals surface area contributed by atoms with Crippen molar-refractivity contribution in [2.24, 2.45) is 5.92 Å². The Balaban J connectivity index is 1.51. The van der Waals surface area contributed by atoms with Gasteiger partial charge in [0.2, 0.25) is 0 Å². The molecule has 0 radical (unpaired) electrons. The number of Topliss-reactive ketones (excluding diaryl/α,β-unsaturated/α-hetero) is 1. The molecule has 0 aliphatic heterocycles. The molecule has 2 aromatic rings. The average Bonchev–Trinajstić information content (AvgIpc) is 3.67. The van der Waals surface area contributed by atoms with E-state index >= 15 is 0 Å². The average molecular weight is 533 g/mol. The highest BCUT2D eigenvalue weighted by atomic mass is 35.5. The number of pyridine rings is 1. The van der Waals surface area contributed by atoms with Crippen molar-refractivity contribution in [2.45, 2.75) is 63.0 Å². The van der Waals surface area contributed by atoms with Gasteiger partial charge in [-0.15, -0.1) is 0 Å². The van der Waals surface area contributed by atoms with Crippen molar-refractivity contribution in [1.29, 1.82) is 0 Å². The monoisotopic (exact) mass is 531 g/mol. The topological polar surface area (TPSA) is 85.7 Å². The molecule has 194 valence electrons. The quantitative estimate of drug-likeness (QED) is 0.336. The number of hydrogen-bond acceptors (Lipinski definition) is 6. The van der Waals surface area contributed by atoms with Crippen molar-refractivity contribution >= 4 is 40.7 Å². The number of carbonyl (C=O) groups excluding carboxylic acids is 1. The number of halogens is 2. The van der Waals surface area contributed by atoms with Crippen molar-refractivity contribution in [2.75, 3.05) is 26.0 Å². The molecule has 6 nitrogen and oxygen atoms in total. The molecule has 1 atom stereocenters. The highest BCUT2D eigenvalue weighted by molar-refractivity contribution is 6.37. The van der Waals surface area contributed by atoms with E-state index in [2.05, 4.69) is 10.3 Å². The Morgan fingerprint density at radius 1 is 1.19 bits per heavy atom. The molecule has 2 fully saturated rings. The lowest BCUT2D eigenvalue weighted by molar-refractivity contribution is -0.0183. The van der Waals surface area contributed by atoms with Crippen LogP contribution >= 0.6 is 23.2 Å². The molecule has 1 aromatic heterocycles. The summed E-state index contributed by atoms with van der Waals surface area (Å²) in [5, 5.41) is 24.7. The predicted molar refractivity (Wildman–Crippen MR) is 146 cm³/mol. The Hall–Kier alpha value is -2.12. The molecule has 1 aromatic carbocycles. The zero-order valence-corrected chi connectivity index (χ0v) is 22.6. The van der Waals surface area contributed by atoms with Gasteiger partial charge in [-0.3, -0.25) is 9.78 Å². The Morgan fingerprint density at radius 3 is 2.42 bits per heavy atom. The van der Waals surface area contributed by atoms with Crippen LogP contribution in [0.5, 0.6) is 5.75 Å². The van der Waals surface area contributed by atoms with E-state index in [1.54, 1.807) is 18.3 Å². The first-order valence-electron chi connectivity index (χ1n) is 12.6. The number of nitrogens with zero attached hydrogens (tertiary/aromatic N) is 2. The molecule has 4 rings (SSSR count). The third kappa shape index (κ3) is 6.60. The molecule has 0 amide bonds. The fraction of sp³-hybridized carbons (Fsp3) is 0.500. The molecule has 3 N–H and O–H groups in total. The zero-order valence-electron chi connectivity index (χ0n) is 21.1. The maximum Gasteiger partial charge on any atom is 0.169 e. The van der Waals surface area contributed by atoms with Crippen molar-refractivity contribution in [1.82, 2.24) is 9.88 Å². The second kappa shape index (κ2) is 11.1. The van der Waals surface area contributed by atoms with Gasteiger partial charge < -0.3 is 20.4 Å². The minimum atomic E-state index is -0.656. The summed E-state index contributed by atoms with van der Waals surface area (Å²) in [6, 6.07) is 5.54. The molecule has 1 unspecified atom stereocenters. The van der Waals surface area contributed by atoms with Gasteiger partial charge in [0.05, 0.1) is 26.9 Å². The Morgan fingerprint density at radius 2 is 1.83 bits per heavy atom. The normalized spacial score (nSPS) is 23.2. The number of phenolic OH excluding ortho intramolecular Hbond substituents is 1. The highest BCUT2D eigenvalue weighted by Crippen LogP contribution is 2.37. The van der Waals surface area contributed by atoms with Crippen LogP contribution in [0.4, 0.5) is 5.69 Å². The van der Waals surface area contributed by atoms with Gasteiger partial charge in [0.25, 0.3) is 0 Å². The van der Waals surface area contributed by atoms with Crippen LogP contribution < -0.4 is 5.32 Å². The van der Waals surface area contributed by atoms with Gasteiger partial charge in [-0.05, 0) is 88.4 Å². The van der Waals surface area contributed by atoms with Crippen LogP contribution in [0.15, 0.2) is 30.5 Å². The third-order valence-electron chi connectivity index (χ3n) is 7.15. The van der Waals surface area contributed by atoms with Crippen molar-refractivity contribution < 1.29 is 15.0 Å². The fourth-order valence-corrected chi connectivity index (χ4v) is 5.42. The number of hydrogen-bond donors (Lipinski definition) is 3. The number of aromatic hydroxyl groups is 1. The van der Waals surface area contributed by atoms with Gasteiger partial charge in [-0.1, -0.05) is 36.2 Å². The predicted octanol–water partition coefficient (Wildman–Crippen LogP) is 6.15. The number of likely N-dealkylation sites (N-methyl/N-ethyl adjacent to an activating group) is 1. The van der Waals surface area contributed by atoms with Crippen LogP contribution in [0.1, 0.15) is 73.0 Å². The van der Waals surface area contributed by atoms with E-state index in [0.717, 1.165) is 55.5 Å². The summed E-state index contributed by atoms with van der Waals surface area (Å²) in [5.74, 6) is 0.130. The second-order valence-electron chi connectivity index (χ2n) is 10.7. The largest absolute Gasteiger partial charge is 0.505 e. The summed E-state index contributed by atoms with van der Waals surface area (Å²) in [7, 11) is 3.96. The van der Waals surface area contributed by atoms with Gasteiger partial charge >= 0.3 is 0 Å². The molecule has 2 saturated carbocycles. The zero-order chi connectivity index (χ0) is 26.0. The first-order chi connectivity index (χ1) is 17.0. The number of benzene rings is 1. The molecule has 8 heteroatoms. The van der Waals surface area contributed by atoms with Crippen LogP contribution in [0, 0.1) is 5.92 Å². The fourth-order valence-electron chi connectivity index (χ4n) is 4.91. The molecular weight excluding hydrogens is 497 g/mol. The number of anilines is 1. The van der Waals surface area contributed by atoms with Crippen molar-refractivity contribution in [3.63, 3.8) is 0 Å². The summed E-state index contributed by atoms with van der Waals surface area (Å²) in [4.78, 5) is 19.5. The minimum Gasteiger partial charge on any atom is -0.505 e. The van der Waals surface area contributed by atoms with Crippen molar-refractivity contribution in [3.8, 4) is 5.75 Å². The van der Waals surface area contributed by atoms with Gasteiger partial charge in [-0.2, -0.15) is 0 Å². The van der Waals surface area contributed by atoms with E-state index in [0.29, 0.717) is 12.1 Å². The van der Waals surface area contributed by atoms with Crippen LogP contribution in [-0.4, -0.2) is 58.2 Å². The number of carbonyl (C=O) groups is 1. The second-order valence-corrected chi connectivity index (χ2v) is 11.5. The molecule has 36 heavy (non-hydrogen) atoms. The van der Waals surface area contributed by atoms with Crippen molar-refractivity contribution in [3.05, 3.63) is 57.3 Å². The van der Waals surface area contributed by atoms with E-state index in [1.807, 2.05) is 44.1 Å². The summed E-state index contributed by atoms with van der Waals surface area (Å²) in [5.41, 5.74) is 2.43. The minimum absolute atomic E-state index is 0.0145. The molecule has 2 aliphatic carbocycles. The summed E-state index contributed by atoms with van der Waals surface area (Å²) in [6.07, 6.45) is 10.6. The lowest BCUT2D eigenvalue weighted by atomic mass is 9.81. The molecule has 0 saturated heterocycles. The van der Waals surface area contributed by atoms with Gasteiger partial charge in [0.15, 0.2) is 11.5 Å². The van der Waals surface area contributed by atoms with E-state index in [-0.39, 0.29) is 39.5 Å². The smallest absolute Gasteiger partial charge is 0.169 e. The number of aliphatic hydroxyl groups is 1. The Bertz CT molecular complexity index is 1120.